The summed E-state index contributed by atoms with van der Waals surface area (Å²) < 4.78 is 2.03. The van der Waals surface area contributed by atoms with Crippen molar-refractivity contribution in [3.8, 4) is 0 Å². The number of Topliss-reactive ketones (excluding diaryl/α,β-unsaturated/α-hetero) is 1. The fourth-order valence-corrected chi connectivity index (χ4v) is 1.80. The molecule has 13 heavy (non-hydrogen) atoms. The first-order chi connectivity index (χ1) is 6.31. The van der Waals surface area contributed by atoms with Gasteiger partial charge in [0, 0.05) is 25.3 Å². The van der Waals surface area contributed by atoms with Gasteiger partial charge in [-0.25, -0.2) is 0 Å². The molecular weight excluding hydrogens is 166 g/mol. The zero-order chi connectivity index (χ0) is 9.26. The minimum atomic E-state index is 0.182. The summed E-state index contributed by atoms with van der Waals surface area (Å²) >= 11 is 0. The third-order valence-electron chi connectivity index (χ3n) is 2.65. The first-order valence-electron chi connectivity index (χ1n) is 4.70. The number of carbonyl (C=O) groups is 1. The van der Waals surface area contributed by atoms with Crippen LogP contribution in [0.4, 0.5) is 0 Å². The van der Waals surface area contributed by atoms with Crippen LogP contribution >= 0.6 is 0 Å². The lowest BCUT2D eigenvalue weighted by molar-refractivity contribution is -0.123. The maximum Gasteiger partial charge on any atom is 0.136 e. The number of aromatic nitrogens is 3. The standard InChI is InChI=1S/C9H13N3O/c1-2-8(13)7-3-4-12-6-10-11-9(12)5-7/h6-7H,2-5H2,1H3/t7-/m1/s1. The zero-order valence-electron chi connectivity index (χ0n) is 7.73. The molecule has 0 N–H and O–H groups in total. The van der Waals surface area contributed by atoms with Crippen molar-refractivity contribution < 1.29 is 4.79 Å². The van der Waals surface area contributed by atoms with E-state index in [4.69, 9.17) is 0 Å². The molecule has 4 nitrogen and oxygen atoms in total. The second-order valence-electron chi connectivity index (χ2n) is 3.45. The van der Waals surface area contributed by atoms with Gasteiger partial charge in [-0.3, -0.25) is 4.79 Å². The molecule has 0 saturated carbocycles. The summed E-state index contributed by atoms with van der Waals surface area (Å²) in [5.74, 6) is 1.49. The maximum atomic E-state index is 11.4. The predicted octanol–water partition coefficient (Wildman–Crippen LogP) is 0.820. The summed E-state index contributed by atoms with van der Waals surface area (Å²) in [6.45, 7) is 2.81. The molecule has 0 amide bonds. The number of aryl methyl sites for hydroxylation is 1. The van der Waals surface area contributed by atoms with E-state index < -0.39 is 0 Å². The van der Waals surface area contributed by atoms with Crippen LogP contribution in [0.25, 0.3) is 0 Å². The van der Waals surface area contributed by atoms with E-state index in [-0.39, 0.29) is 5.92 Å². The topological polar surface area (TPSA) is 47.8 Å². The molecule has 0 spiro atoms. The molecule has 0 aliphatic carbocycles. The molecular formula is C9H13N3O. The van der Waals surface area contributed by atoms with E-state index in [2.05, 4.69) is 10.2 Å². The minimum Gasteiger partial charge on any atom is -0.318 e. The molecule has 0 saturated heterocycles. The van der Waals surface area contributed by atoms with Crippen molar-refractivity contribution in [1.29, 1.82) is 0 Å². The summed E-state index contributed by atoms with van der Waals surface area (Å²) in [6, 6.07) is 0. The molecule has 0 fully saturated rings. The molecule has 0 aromatic carbocycles. The van der Waals surface area contributed by atoms with Crippen LogP contribution in [0, 0.1) is 5.92 Å². The normalized spacial score (nSPS) is 21.2. The van der Waals surface area contributed by atoms with Crippen LogP contribution in [-0.2, 0) is 17.8 Å². The van der Waals surface area contributed by atoms with E-state index in [1.54, 1.807) is 6.33 Å². The molecule has 0 unspecified atom stereocenters. The fraction of sp³-hybridized carbons (Fsp3) is 0.667. The average molecular weight is 179 g/mol. The van der Waals surface area contributed by atoms with Crippen LogP contribution in [0.2, 0.25) is 0 Å². The van der Waals surface area contributed by atoms with Crippen molar-refractivity contribution in [3.63, 3.8) is 0 Å². The van der Waals surface area contributed by atoms with Gasteiger partial charge < -0.3 is 4.57 Å². The Morgan fingerprint density at radius 3 is 3.38 bits per heavy atom. The summed E-state index contributed by atoms with van der Waals surface area (Å²) in [5.41, 5.74) is 0. The first kappa shape index (κ1) is 8.41. The number of nitrogens with zero attached hydrogens (tertiary/aromatic N) is 3. The lowest BCUT2D eigenvalue weighted by Gasteiger charge is -2.20. The molecule has 0 bridgehead atoms. The van der Waals surface area contributed by atoms with E-state index in [9.17, 15) is 4.79 Å². The molecule has 2 rings (SSSR count). The first-order valence-corrected chi connectivity index (χ1v) is 4.70. The van der Waals surface area contributed by atoms with Gasteiger partial charge in [0.1, 0.15) is 17.9 Å². The number of carbonyl (C=O) groups excluding carboxylic acids is 1. The highest BCUT2D eigenvalue weighted by Gasteiger charge is 2.24. The Bertz CT molecular complexity index is 318. The van der Waals surface area contributed by atoms with Crippen LogP contribution in [0.15, 0.2) is 6.33 Å². The third kappa shape index (κ3) is 1.48. The third-order valence-corrected chi connectivity index (χ3v) is 2.65. The molecule has 4 heteroatoms. The van der Waals surface area contributed by atoms with Gasteiger partial charge in [0.15, 0.2) is 0 Å². The van der Waals surface area contributed by atoms with Crippen molar-refractivity contribution in [3.05, 3.63) is 12.2 Å². The van der Waals surface area contributed by atoms with Crippen molar-refractivity contribution >= 4 is 5.78 Å². The van der Waals surface area contributed by atoms with Crippen LogP contribution in [0.3, 0.4) is 0 Å². The van der Waals surface area contributed by atoms with E-state index in [1.807, 2.05) is 11.5 Å². The lowest BCUT2D eigenvalue weighted by Crippen LogP contribution is -2.25. The zero-order valence-corrected chi connectivity index (χ0v) is 7.73. The van der Waals surface area contributed by atoms with Gasteiger partial charge in [-0.1, -0.05) is 6.92 Å². The molecule has 1 atom stereocenters. The van der Waals surface area contributed by atoms with Gasteiger partial charge in [0.05, 0.1) is 0 Å². The number of hydrogen-bond acceptors (Lipinski definition) is 3. The largest absolute Gasteiger partial charge is 0.318 e. The Kier molecular flexibility index (Phi) is 2.12. The van der Waals surface area contributed by atoms with Gasteiger partial charge in [0.2, 0.25) is 0 Å². The van der Waals surface area contributed by atoms with E-state index in [0.29, 0.717) is 12.2 Å². The van der Waals surface area contributed by atoms with Crippen molar-refractivity contribution in [2.45, 2.75) is 32.7 Å². The van der Waals surface area contributed by atoms with Crippen LogP contribution in [0.5, 0.6) is 0 Å². The van der Waals surface area contributed by atoms with Crippen LogP contribution < -0.4 is 0 Å². The summed E-state index contributed by atoms with van der Waals surface area (Å²) in [7, 11) is 0. The van der Waals surface area contributed by atoms with Gasteiger partial charge in [-0.2, -0.15) is 0 Å². The molecule has 1 aliphatic rings. The second-order valence-corrected chi connectivity index (χ2v) is 3.45. The number of rotatable bonds is 2. The summed E-state index contributed by atoms with van der Waals surface area (Å²) in [4.78, 5) is 11.4. The predicted molar refractivity (Wildman–Crippen MR) is 47.1 cm³/mol. The molecule has 1 aromatic heterocycles. The monoisotopic (exact) mass is 179 g/mol. The van der Waals surface area contributed by atoms with Crippen molar-refractivity contribution in [2.24, 2.45) is 5.92 Å². The van der Waals surface area contributed by atoms with Gasteiger partial charge in [-0.15, -0.1) is 10.2 Å². The van der Waals surface area contributed by atoms with E-state index >= 15 is 0 Å². The van der Waals surface area contributed by atoms with Crippen molar-refractivity contribution in [2.75, 3.05) is 0 Å². The molecule has 0 radical (unpaired) electrons. The highest BCUT2D eigenvalue weighted by molar-refractivity contribution is 5.80. The maximum absolute atomic E-state index is 11.4. The lowest BCUT2D eigenvalue weighted by atomic mass is 9.92. The summed E-state index contributed by atoms with van der Waals surface area (Å²) in [6.07, 6.45) is 4.09. The average Bonchev–Trinajstić information content (AvgIpc) is 2.63. The fourth-order valence-electron chi connectivity index (χ4n) is 1.80. The number of fused-ring (bicyclic) bond motifs is 1. The van der Waals surface area contributed by atoms with Gasteiger partial charge in [-0.05, 0) is 6.42 Å². The SMILES string of the molecule is CCC(=O)[C@@H]1CCn2cnnc2C1. The van der Waals surface area contributed by atoms with Crippen LogP contribution in [-0.4, -0.2) is 20.5 Å². The number of hydrogen-bond donors (Lipinski definition) is 0. The quantitative estimate of drug-likeness (QED) is 0.675. The van der Waals surface area contributed by atoms with Crippen LogP contribution in [0.1, 0.15) is 25.6 Å². The second kappa shape index (κ2) is 3.28. The van der Waals surface area contributed by atoms with Crippen molar-refractivity contribution in [1.82, 2.24) is 14.8 Å². The smallest absolute Gasteiger partial charge is 0.136 e. The molecule has 70 valence electrons. The summed E-state index contributed by atoms with van der Waals surface area (Å²) in [5, 5.41) is 7.81. The minimum absolute atomic E-state index is 0.182. The highest BCUT2D eigenvalue weighted by Crippen LogP contribution is 2.19. The Morgan fingerprint density at radius 2 is 2.62 bits per heavy atom. The Hall–Kier alpha value is -1.19. The van der Waals surface area contributed by atoms with Gasteiger partial charge >= 0.3 is 0 Å². The molecule has 2 heterocycles. The van der Waals surface area contributed by atoms with E-state index in [1.165, 1.54) is 0 Å². The number of ketones is 1. The molecule has 1 aromatic rings. The Balaban J connectivity index is 2.13. The Morgan fingerprint density at radius 1 is 1.77 bits per heavy atom. The van der Waals surface area contributed by atoms with Gasteiger partial charge in [0.25, 0.3) is 0 Å². The molecule has 1 aliphatic heterocycles. The van der Waals surface area contributed by atoms with E-state index in [0.717, 1.165) is 25.2 Å². The highest BCUT2D eigenvalue weighted by atomic mass is 16.1. The Labute approximate surface area is 77.0 Å².